The number of furan rings is 2. The molecule has 0 unspecified atom stereocenters. The minimum atomic E-state index is 0.853. The monoisotopic (exact) mass is 677 g/mol. The molecular weight excluding hydrogens is 647 g/mol. The van der Waals surface area contributed by atoms with E-state index in [0.717, 1.165) is 83.2 Å². The van der Waals surface area contributed by atoms with Crippen LogP contribution in [0.1, 0.15) is 0 Å². The first kappa shape index (κ1) is 29.6. The van der Waals surface area contributed by atoms with Crippen LogP contribution in [0.5, 0.6) is 0 Å². The summed E-state index contributed by atoms with van der Waals surface area (Å²) in [4.78, 5) is 2.43. The fourth-order valence-corrected chi connectivity index (χ4v) is 8.27. The first-order valence-electron chi connectivity index (χ1n) is 18.0. The van der Waals surface area contributed by atoms with Crippen molar-refractivity contribution >= 4 is 82.5 Å². The van der Waals surface area contributed by atoms with Crippen molar-refractivity contribution in [3.8, 4) is 22.3 Å². The van der Waals surface area contributed by atoms with E-state index < -0.39 is 0 Å². The van der Waals surface area contributed by atoms with Crippen molar-refractivity contribution in [2.45, 2.75) is 0 Å². The highest BCUT2D eigenvalue weighted by Crippen LogP contribution is 2.49. The van der Waals surface area contributed by atoms with E-state index in [1.807, 2.05) is 18.2 Å². The molecule has 53 heavy (non-hydrogen) atoms. The summed E-state index contributed by atoms with van der Waals surface area (Å²) in [6, 6.07) is 66.7. The molecule has 0 radical (unpaired) electrons. The van der Waals surface area contributed by atoms with Crippen LogP contribution in [0.2, 0.25) is 0 Å². The molecule has 0 aliphatic rings. The van der Waals surface area contributed by atoms with Crippen LogP contribution < -0.4 is 4.90 Å². The SMILES string of the molecule is c1ccc(-c2ccc(N(c3cccc4ccccc34)c3cccc4ccccc34)c3c2oc2ccccc23)c(-c2ccc3c(c2)oc2ccccc23)c1. The van der Waals surface area contributed by atoms with Gasteiger partial charge < -0.3 is 13.7 Å². The second-order valence-corrected chi connectivity index (χ2v) is 13.6. The third-order valence-electron chi connectivity index (χ3n) is 10.7. The Morgan fingerprint density at radius 1 is 0.321 bits per heavy atom. The standard InChI is InChI=1S/C50H31NO2/c1-3-18-36-32(13-1)15-11-23-43(36)51(44-24-12-16-33-14-2-4-19-37(33)44)45-30-29-41(50-49(45)42-22-8-10-26-47(42)53-50)38-20-6-5-17-35(38)34-27-28-40-39-21-7-9-25-46(39)52-48(40)31-34/h1-31H. The second-order valence-electron chi connectivity index (χ2n) is 13.6. The average molecular weight is 678 g/mol. The Kier molecular flexibility index (Phi) is 6.55. The van der Waals surface area contributed by atoms with Gasteiger partial charge in [0, 0.05) is 32.5 Å². The molecular formula is C50H31NO2. The van der Waals surface area contributed by atoms with Gasteiger partial charge in [0.05, 0.1) is 22.4 Å². The summed E-state index contributed by atoms with van der Waals surface area (Å²) < 4.78 is 13.3. The van der Waals surface area contributed by atoms with Gasteiger partial charge in [-0.15, -0.1) is 0 Å². The summed E-state index contributed by atoms with van der Waals surface area (Å²) in [6.07, 6.45) is 0. The molecule has 11 aromatic rings. The van der Waals surface area contributed by atoms with E-state index in [2.05, 4.69) is 175 Å². The quantitative estimate of drug-likeness (QED) is 0.182. The Balaban J connectivity index is 1.19. The van der Waals surface area contributed by atoms with Gasteiger partial charge >= 0.3 is 0 Å². The number of rotatable bonds is 5. The van der Waals surface area contributed by atoms with Crippen LogP contribution in [0.25, 0.3) is 87.7 Å². The molecule has 0 fully saturated rings. The van der Waals surface area contributed by atoms with Crippen LogP contribution in [0.3, 0.4) is 0 Å². The molecule has 0 saturated heterocycles. The second kappa shape index (κ2) is 11.7. The molecule has 3 nitrogen and oxygen atoms in total. The number of fused-ring (bicyclic) bond motifs is 8. The van der Waals surface area contributed by atoms with Crippen molar-refractivity contribution in [3.05, 3.63) is 188 Å². The third kappa shape index (κ3) is 4.61. The molecule has 0 saturated carbocycles. The molecule has 0 bridgehead atoms. The summed E-state index contributed by atoms with van der Waals surface area (Å²) in [5.41, 5.74) is 11.1. The molecule has 3 heteroatoms. The highest BCUT2D eigenvalue weighted by Gasteiger charge is 2.25. The van der Waals surface area contributed by atoms with Gasteiger partial charge in [-0.25, -0.2) is 0 Å². The number of hydrogen-bond acceptors (Lipinski definition) is 3. The van der Waals surface area contributed by atoms with Crippen LogP contribution in [-0.4, -0.2) is 0 Å². The van der Waals surface area contributed by atoms with Gasteiger partial charge in [-0.3, -0.25) is 0 Å². The highest BCUT2D eigenvalue weighted by molar-refractivity contribution is 6.19. The first-order chi connectivity index (χ1) is 26.3. The lowest BCUT2D eigenvalue weighted by Gasteiger charge is -2.29. The molecule has 9 aromatic carbocycles. The summed E-state index contributed by atoms with van der Waals surface area (Å²) in [5.74, 6) is 0. The van der Waals surface area contributed by atoms with Crippen LogP contribution in [-0.2, 0) is 0 Å². The zero-order valence-electron chi connectivity index (χ0n) is 28.7. The van der Waals surface area contributed by atoms with E-state index in [1.54, 1.807) is 0 Å². The molecule has 0 atom stereocenters. The Hall–Kier alpha value is -7.10. The number of nitrogens with zero attached hydrogens (tertiary/aromatic N) is 1. The van der Waals surface area contributed by atoms with E-state index in [9.17, 15) is 0 Å². The molecule has 0 spiro atoms. The van der Waals surface area contributed by atoms with Gasteiger partial charge in [0.15, 0.2) is 0 Å². The topological polar surface area (TPSA) is 29.5 Å². The van der Waals surface area contributed by atoms with Crippen molar-refractivity contribution < 1.29 is 8.83 Å². The number of hydrogen-bond donors (Lipinski definition) is 0. The van der Waals surface area contributed by atoms with E-state index in [-0.39, 0.29) is 0 Å². The lowest BCUT2D eigenvalue weighted by molar-refractivity contribution is 0.669. The zero-order chi connectivity index (χ0) is 34.9. The summed E-state index contributed by atoms with van der Waals surface area (Å²) in [7, 11) is 0. The maximum atomic E-state index is 6.93. The van der Waals surface area contributed by atoms with Crippen molar-refractivity contribution in [2.75, 3.05) is 4.90 Å². The zero-order valence-corrected chi connectivity index (χ0v) is 28.7. The molecule has 2 aromatic heterocycles. The predicted octanol–water partition coefficient (Wildman–Crippen LogP) is 14.6. The molecule has 0 aliphatic heterocycles. The molecule has 0 aliphatic carbocycles. The van der Waals surface area contributed by atoms with E-state index >= 15 is 0 Å². The summed E-state index contributed by atoms with van der Waals surface area (Å²) >= 11 is 0. The maximum Gasteiger partial charge on any atom is 0.145 e. The maximum absolute atomic E-state index is 6.93. The van der Waals surface area contributed by atoms with Crippen molar-refractivity contribution in [1.29, 1.82) is 0 Å². The van der Waals surface area contributed by atoms with Gasteiger partial charge in [0.1, 0.15) is 22.3 Å². The fourth-order valence-electron chi connectivity index (χ4n) is 8.27. The number of para-hydroxylation sites is 2. The van der Waals surface area contributed by atoms with E-state index in [4.69, 9.17) is 8.83 Å². The van der Waals surface area contributed by atoms with Gasteiger partial charge in [0.2, 0.25) is 0 Å². The lowest BCUT2D eigenvalue weighted by atomic mass is 9.92. The lowest BCUT2D eigenvalue weighted by Crippen LogP contribution is -2.11. The van der Waals surface area contributed by atoms with Gasteiger partial charge in [-0.05, 0) is 76.0 Å². The number of anilines is 3. The minimum Gasteiger partial charge on any atom is -0.456 e. The Labute approximate surface area is 305 Å². The van der Waals surface area contributed by atoms with Crippen molar-refractivity contribution in [1.82, 2.24) is 0 Å². The molecule has 11 rings (SSSR count). The predicted molar refractivity (Wildman–Crippen MR) is 222 cm³/mol. The highest BCUT2D eigenvalue weighted by atomic mass is 16.3. The van der Waals surface area contributed by atoms with Gasteiger partial charge in [-0.2, -0.15) is 0 Å². The Bertz CT molecular complexity index is 3110. The third-order valence-corrected chi connectivity index (χ3v) is 10.7. The summed E-state index contributed by atoms with van der Waals surface area (Å²) in [6.45, 7) is 0. The summed E-state index contributed by atoms with van der Waals surface area (Å²) in [5, 5.41) is 9.13. The van der Waals surface area contributed by atoms with Crippen molar-refractivity contribution in [3.63, 3.8) is 0 Å². The molecule has 2 heterocycles. The smallest absolute Gasteiger partial charge is 0.145 e. The Morgan fingerprint density at radius 3 is 1.58 bits per heavy atom. The normalized spacial score (nSPS) is 11.8. The minimum absolute atomic E-state index is 0.853. The average Bonchev–Trinajstić information content (AvgIpc) is 3.80. The van der Waals surface area contributed by atoms with Gasteiger partial charge in [-0.1, -0.05) is 140 Å². The van der Waals surface area contributed by atoms with Crippen LogP contribution in [0.15, 0.2) is 197 Å². The largest absolute Gasteiger partial charge is 0.456 e. The van der Waals surface area contributed by atoms with E-state index in [1.165, 1.54) is 21.5 Å². The first-order valence-corrected chi connectivity index (χ1v) is 18.0. The molecule has 0 N–H and O–H groups in total. The van der Waals surface area contributed by atoms with E-state index in [0.29, 0.717) is 0 Å². The van der Waals surface area contributed by atoms with Gasteiger partial charge in [0.25, 0.3) is 0 Å². The fraction of sp³-hybridized carbons (Fsp3) is 0. The van der Waals surface area contributed by atoms with Crippen LogP contribution in [0, 0.1) is 0 Å². The van der Waals surface area contributed by atoms with Crippen LogP contribution in [0.4, 0.5) is 17.1 Å². The molecule has 0 amide bonds. The molecule has 248 valence electrons. The Morgan fingerprint density at radius 2 is 0.868 bits per heavy atom. The van der Waals surface area contributed by atoms with Crippen molar-refractivity contribution in [2.24, 2.45) is 0 Å². The number of benzene rings is 9. The van der Waals surface area contributed by atoms with Crippen LogP contribution >= 0.6 is 0 Å².